The van der Waals surface area contributed by atoms with E-state index in [1.807, 2.05) is 26.0 Å². The maximum absolute atomic E-state index is 12.6. The van der Waals surface area contributed by atoms with E-state index in [0.29, 0.717) is 17.3 Å². The summed E-state index contributed by atoms with van der Waals surface area (Å²) in [4.78, 5) is 15.8. The molecular formula is C14H17ClN2O3S. The van der Waals surface area contributed by atoms with Crippen LogP contribution in [0.5, 0.6) is 0 Å². The average Bonchev–Trinajstić information content (AvgIpc) is 2.82. The molecule has 7 heteroatoms. The van der Waals surface area contributed by atoms with Crippen LogP contribution in [0.1, 0.15) is 12.5 Å². The molecule has 0 saturated carbocycles. The highest BCUT2D eigenvalue weighted by Crippen LogP contribution is 2.36. The van der Waals surface area contributed by atoms with Gasteiger partial charge in [-0.3, -0.25) is 4.90 Å². The van der Waals surface area contributed by atoms with Crippen molar-refractivity contribution >= 4 is 33.2 Å². The van der Waals surface area contributed by atoms with Crippen LogP contribution in [0.25, 0.3) is 0 Å². The summed E-state index contributed by atoms with van der Waals surface area (Å²) in [6.07, 6.45) is 0. The number of hydrogen-bond donors (Lipinski definition) is 0. The molecule has 2 heterocycles. The maximum Gasteiger partial charge on any atom is 0.325 e. The summed E-state index contributed by atoms with van der Waals surface area (Å²) in [5.41, 5.74) is 1.59. The number of amides is 2. The average molecular weight is 329 g/mol. The molecule has 2 fully saturated rings. The van der Waals surface area contributed by atoms with Crippen molar-refractivity contribution in [2.45, 2.75) is 25.9 Å². The summed E-state index contributed by atoms with van der Waals surface area (Å²) in [5.74, 6) is 0.0682. The molecule has 2 aliphatic heterocycles. The summed E-state index contributed by atoms with van der Waals surface area (Å²) >= 11 is 6.14. The summed E-state index contributed by atoms with van der Waals surface area (Å²) in [7, 11) is -3.10. The number of sulfone groups is 1. The van der Waals surface area contributed by atoms with Gasteiger partial charge in [0.1, 0.15) is 0 Å². The molecule has 0 N–H and O–H groups in total. The van der Waals surface area contributed by atoms with Crippen LogP contribution < -0.4 is 4.90 Å². The Morgan fingerprint density at radius 1 is 1.29 bits per heavy atom. The number of carbonyl (C=O) groups is 1. The van der Waals surface area contributed by atoms with Gasteiger partial charge in [0, 0.05) is 17.3 Å². The van der Waals surface area contributed by atoms with E-state index in [9.17, 15) is 13.2 Å². The van der Waals surface area contributed by atoms with Crippen molar-refractivity contribution in [2.24, 2.45) is 0 Å². The number of rotatable bonds is 2. The van der Waals surface area contributed by atoms with E-state index in [-0.39, 0.29) is 29.6 Å². The van der Waals surface area contributed by atoms with Crippen LogP contribution in [0.4, 0.5) is 10.5 Å². The molecule has 1 aromatic rings. The van der Waals surface area contributed by atoms with Gasteiger partial charge in [0.15, 0.2) is 9.84 Å². The monoisotopic (exact) mass is 328 g/mol. The van der Waals surface area contributed by atoms with Gasteiger partial charge in [-0.1, -0.05) is 17.7 Å². The van der Waals surface area contributed by atoms with E-state index >= 15 is 0 Å². The van der Waals surface area contributed by atoms with Crippen LogP contribution in [0.2, 0.25) is 5.02 Å². The Balaban J connectivity index is 2.04. The van der Waals surface area contributed by atoms with Gasteiger partial charge in [-0.25, -0.2) is 13.2 Å². The Kier molecular flexibility index (Phi) is 3.41. The molecule has 0 spiro atoms. The molecule has 0 aromatic heterocycles. The minimum atomic E-state index is -3.10. The van der Waals surface area contributed by atoms with Gasteiger partial charge in [-0.05, 0) is 31.5 Å². The Labute approximate surface area is 129 Å². The van der Waals surface area contributed by atoms with Gasteiger partial charge in [0.05, 0.1) is 23.6 Å². The fraction of sp³-hybridized carbons (Fsp3) is 0.500. The van der Waals surface area contributed by atoms with Gasteiger partial charge in [-0.15, -0.1) is 0 Å². The van der Waals surface area contributed by atoms with E-state index in [2.05, 4.69) is 0 Å². The molecule has 0 radical (unpaired) electrons. The SMILES string of the molecule is CCN1C(=O)N(c2ccc(C)c(Cl)c2)[C@H]2CS(=O)(=O)C[C@@H]21. The molecule has 21 heavy (non-hydrogen) atoms. The normalized spacial score (nSPS) is 27.3. The molecule has 0 bridgehead atoms. The lowest BCUT2D eigenvalue weighted by atomic mass is 10.1. The zero-order valence-electron chi connectivity index (χ0n) is 11.9. The van der Waals surface area contributed by atoms with Crippen molar-refractivity contribution in [3.8, 4) is 0 Å². The molecule has 2 saturated heterocycles. The summed E-state index contributed by atoms with van der Waals surface area (Å²) in [5, 5.41) is 0.577. The van der Waals surface area contributed by atoms with Gasteiger partial charge in [0.2, 0.25) is 0 Å². The summed E-state index contributed by atoms with van der Waals surface area (Å²) in [6.45, 7) is 4.26. The molecule has 3 rings (SSSR count). The number of anilines is 1. The van der Waals surface area contributed by atoms with Crippen LogP contribution in [-0.2, 0) is 9.84 Å². The fourth-order valence-corrected chi connectivity index (χ4v) is 5.31. The molecule has 1 aromatic carbocycles. The minimum Gasteiger partial charge on any atom is -0.318 e. The number of likely N-dealkylation sites (N-methyl/N-ethyl adjacent to an activating group) is 1. The molecule has 114 valence electrons. The van der Waals surface area contributed by atoms with Gasteiger partial charge < -0.3 is 4.90 Å². The molecule has 5 nitrogen and oxygen atoms in total. The number of hydrogen-bond acceptors (Lipinski definition) is 3. The van der Waals surface area contributed by atoms with E-state index in [0.717, 1.165) is 5.56 Å². The first-order valence-corrected chi connectivity index (χ1v) is 9.10. The number of nitrogens with zero attached hydrogens (tertiary/aromatic N) is 2. The third kappa shape index (κ3) is 2.30. The Bertz CT molecular complexity index is 704. The predicted molar refractivity (Wildman–Crippen MR) is 82.7 cm³/mol. The molecule has 2 aliphatic rings. The largest absolute Gasteiger partial charge is 0.325 e. The maximum atomic E-state index is 12.6. The number of halogens is 1. The second-order valence-electron chi connectivity index (χ2n) is 5.58. The minimum absolute atomic E-state index is 0.0192. The Morgan fingerprint density at radius 3 is 2.57 bits per heavy atom. The van der Waals surface area contributed by atoms with Gasteiger partial charge in [0.25, 0.3) is 0 Å². The van der Waals surface area contributed by atoms with Crippen LogP contribution in [0.3, 0.4) is 0 Å². The second-order valence-corrected chi connectivity index (χ2v) is 8.14. The quantitative estimate of drug-likeness (QED) is 0.781. The molecule has 0 aliphatic carbocycles. The molecule has 0 unspecified atom stereocenters. The topological polar surface area (TPSA) is 57.7 Å². The number of urea groups is 1. The van der Waals surface area contributed by atoms with Crippen molar-refractivity contribution in [2.75, 3.05) is 23.0 Å². The van der Waals surface area contributed by atoms with E-state index < -0.39 is 9.84 Å². The molecular weight excluding hydrogens is 312 g/mol. The summed E-state index contributed by atoms with van der Waals surface area (Å²) < 4.78 is 23.8. The third-order valence-corrected chi connectivity index (χ3v) is 6.36. The third-order valence-electron chi connectivity index (χ3n) is 4.25. The Hall–Kier alpha value is -1.27. The fourth-order valence-electron chi connectivity index (χ4n) is 3.18. The zero-order chi connectivity index (χ0) is 15.4. The van der Waals surface area contributed by atoms with E-state index in [1.54, 1.807) is 15.9 Å². The van der Waals surface area contributed by atoms with Crippen LogP contribution in [0, 0.1) is 6.92 Å². The number of fused-ring (bicyclic) bond motifs is 1. The lowest BCUT2D eigenvalue weighted by Crippen LogP contribution is -2.37. The van der Waals surface area contributed by atoms with E-state index in [4.69, 9.17) is 11.6 Å². The van der Waals surface area contributed by atoms with Crippen LogP contribution in [0.15, 0.2) is 18.2 Å². The zero-order valence-corrected chi connectivity index (χ0v) is 13.5. The van der Waals surface area contributed by atoms with Crippen molar-refractivity contribution in [1.82, 2.24) is 4.90 Å². The number of benzene rings is 1. The summed E-state index contributed by atoms with van der Waals surface area (Å²) in [6, 6.07) is 4.69. The lowest BCUT2D eigenvalue weighted by Gasteiger charge is -2.22. The van der Waals surface area contributed by atoms with E-state index in [1.165, 1.54) is 0 Å². The highest BCUT2D eigenvalue weighted by atomic mass is 35.5. The predicted octanol–water partition coefficient (Wildman–Crippen LogP) is 2.08. The first kappa shape index (κ1) is 14.7. The van der Waals surface area contributed by atoms with Crippen molar-refractivity contribution in [3.05, 3.63) is 28.8 Å². The van der Waals surface area contributed by atoms with Crippen LogP contribution >= 0.6 is 11.6 Å². The van der Waals surface area contributed by atoms with Crippen molar-refractivity contribution in [3.63, 3.8) is 0 Å². The standard InChI is InChI=1S/C14H17ClN2O3S/c1-3-16-12-7-21(19,20)8-13(12)17(14(16)18)10-5-4-9(2)11(15)6-10/h4-6,12-13H,3,7-8H2,1-2H3/t12-,13-/m0/s1. The van der Waals surface area contributed by atoms with Crippen LogP contribution in [-0.4, -0.2) is 49.5 Å². The number of aryl methyl sites for hydroxylation is 1. The molecule has 2 amide bonds. The highest BCUT2D eigenvalue weighted by molar-refractivity contribution is 7.91. The first-order chi connectivity index (χ1) is 9.84. The second kappa shape index (κ2) is 4.88. The number of carbonyl (C=O) groups excluding carboxylic acids is 1. The Morgan fingerprint density at radius 2 is 1.95 bits per heavy atom. The highest BCUT2D eigenvalue weighted by Gasteiger charge is 2.53. The van der Waals surface area contributed by atoms with Gasteiger partial charge >= 0.3 is 6.03 Å². The first-order valence-electron chi connectivity index (χ1n) is 6.90. The molecule has 2 atom stereocenters. The van der Waals surface area contributed by atoms with Gasteiger partial charge in [-0.2, -0.15) is 0 Å². The van der Waals surface area contributed by atoms with Crippen molar-refractivity contribution < 1.29 is 13.2 Å². The lowest BCUT2D eigenvalue weighted by molar-refractivity contribution is 0.212. The van der Waals surface area contributed by atoms with Crippen molar-refractivity contribution in [1.29, 1.82) is 0 Å². The smallest absolute Gasteiger partial charge is 0.318 e.